The van der Waals surface area contributed by atoms with E-state index in [1.54, 1.807) is 0 Å². The van der Waals surface area contributed by atoms with Gasteiger partial charge in [0.2, 0.25) is 15.9 Å². The monoisotopic (exact) mass is 425 g/mol. The molecule has 1 fully saturated rings. The number of rotatable bonds is 10. The molecule has 2 rings (SSSR count). The summed E-state index contributed by atoms with van der Waals surface area (Å²) < 4.78 is 32.6. The molecular formula is C20H31N3O5S. The number of nitrogens with zero attached hydrogens (tertiary/aromatic N) is 1. The lowest BCUT2D eigenvalue weighted by Crippen LogP contribution is -2.48. The Morgan fingerprint density at radius 3 is 2.55 bits per heavy atom. The van der Waals surface area contributed by atoms with Crippen LogP contribution in [0.25, 0.3) is 0 Å². The zero-order valence-electron chi connectivity index (χ0n) is 17.3. The zero-order valence-corrected chi connectivity index (χ0v) is 18.1. The highest BCUT2D eigenvalue weighted by molar-refractivity contribution is 7.89. The highest BCUT2D eigenvalue weighted by atomic mass is 32.2. The summed E-state index contributed by atoms with van der Waals surface area (Å²) in [5.41, 5.74) is 0.445. The van der Waals surface area contributed by atoms with E-state index >= 15 is 0 Å². The Labute approximate surface area is 173 Å². The first-order valence-electron chi connectivity index (χ1n) is 9.88. The first-order chi connectivity index (χ1) is 13.7. The van der Waals surface area contributed by atoms with Gasteiger partial charge in [-0.3, -0.25) is 14.5 Å². The molecule has 29 heavy (non-hydrogen) atoms. The molecule has 2 N–H and O–H groups in total. The Morgan fingerprint density at radius 2 is 1.93 bits per heavy atom. The average Bonchev–Trinajstić information content (AvgIpc) is 2.66. The third-order valence-electron chi connectivity index (χ3n) is 4.59. The number of morpholine rings is 1. The van der Waals surface area contributed by atoms with Crippen LogP contribution in [0.4, 0.5) is 0 Å². The summed E-state index contributed by atoms with van der Waals surface area (Å²) in [7, 11) is -3.73. The number of ether oxygens (including phenoxy) is 1. The highest BCUT2D eigenvalue weighted by Gasteiger charge is 2.21. The summed E-state index contributed by atoms with van der Waals surface area (Å²) in [5, 5.41) is 2.81. The number of Topliss-reactive ketones (excluding diaryl/α,β-unsaturated/α-hetero) is 1. The van der Waals surface area contributed by atoms with Crippen molar-refractivity contribution in [2.24, 2.45) is 5.92 Å². The summed E-state index contributed by atoms with van der Waals surface area (Å²) >= 11 is 0. The van der Waals surface area contributed by atoms with Crippen molar-refractivity contribution in [3.63, 3.8) is 0 Å². The Kier molecular flexibility index (Phi) is 8.76. The number of hydrogen-bond donors (Lipinski definition) is 2. The number of amides is 1. The first kappa shape index (κ1) is 23.5. The van der Waals surface area contributed by atoms with Crippen molar-refractivity contribution >= 4 is 21.7 Å². The Morgan fingerprint density at radius 1 is 1.24 bits per heavy atom. The van der Waals surface area contributed by atoms with Gasteiger partial charge >= 0.3 is 0 Å². The van der Waals surface area contributed by atoms with Crippen LogP contribution in [0.15, 0.2) is 29.2 Å². The van der Waals surface area contributed by atoms with Gasteiger partial charge in [0.05, 0.1) is 17.6 Å². The van der Waals surface area contributed by atoms with Crippen molar-refractivity contribution in [1.29, 1.82) is 0 Å². The number of carbonyl (C=O) groups excluding carboxylic acids is 2. The molecule has 0 aliphatic carbocycles. The van der Waals surface area contributed by atoms with Crippen molar-refractivity contribution in [2.75, 3.05) is 39.3 Å². The smallest absolute Gasteiger partial charge is 0.240 e. The van der Waals surface area contributed by atoms with Gasteiger partial charge in [-0.05, 0) is 25.0 Å². The molecule has 1 aromatic carbocycles. The normalized spacial score (nSPS) is 18.0. The second kappa shape index (κ2) is 10.8. The summed E-state index contributed by atoms with van der Waals surface area (Å²) in [6, 6.07) is 5.69. The molecule has 0 aromatic heterocycles. The van der Waals surface area contributed by atoms with Gasteiger partial charge < -0.3 is 10.1 Å². The maximum absolute atomic E-state index is 12.3. The van der Waals surface area contributed by atoms with Crippen LogP contribution in [0.2, 0.25) is 0 Å². The van der Waals surface area contributed by atoms with Gasteiger partial charge in [-0.25, -0.2) is 13.1 Å². The second-order valence-electron chi connectivity index (χ2n) is 7.68. The Balaban J connectivity index is 1.72. The summed E-state index contributed by atoms with van der Waals surface area (Å²) in [4.78, 5) is 25.7. The number of carbonyl (C=O) groups is 2. The number of nitrogens with one attached hydrogen (secondary N) is 2. The first-order valence-corrected chi connectivity index (χ1v) is 11.4. The molecule has 1 atom stereocenters. The van der Waals surface area contributed by atoms with Gasteiger partial charge in [-0.1, -0.05) is 26.0 Å². The third-order valence-corrected chi connectivity index (χ3v) is 6.07. The van der Waals surface area contributed by atoms with Gasteiger partial charge in [-0.15, -0.1) is 0 Å². The quantitative estimate of drug-likeness (QED) is 0.543. The van der Waals surface area contributed by atoms with E-state index in [0.717, 1.165) is 19.6 Å². The van der Waals surface area contributed by atoms with Crippen molar-refractivity contribution < 1.29 is 22.7 Å². The summed E-state index contributed by atoms with van der Waals surface area (Å²) in [6.07, 6.45) is -0.0179. The molecule has 162 valence electrons. The summed E-state index contributed by atoms with van der Waals surface area (Å²) in [5.74, 6) is 0.215. The number of benzene rings is 1. The predicted molar refractivity (Wildman–Crippen MR) is 110 cm³/mol. The molecule has 0 bridgehead atoms. The maximum Gasteiger partial charge on any atom is 0.240 e. The third kappa shape index (κ3) is 7.85. The van der Waals surface area contributed by atoms with E-state index in [2.05, 4.69) is 28.8 Å². The van der Waals surface area contributed by atoms with Gasteiger partial charge in [-0.2, -0.15) is 0 Å². The van der Waals surface area contributed by atoms with E-state index < -0.39 is 10.0 Å². The fraction of sp³-hybridized carbons (Fsp3) is 0.600. The van der Waals surface area contributed by atoms with E-state index in [1.165, 1.54) is 31.2 Å². The minimum Gasteiger partial charge on any atom is -0.374 e. The van der Waals surface area contributed by atoms with Crippen LogP contribution in [0.5, 0.6) is 0 Å². The van der Waals surface area contributed by atoms with Crippen molar-refractivity contribution in [2.45, 2.75) is 38.2 Å². The largest absolute Gasteiger partial charge is 0.374 e. The predicted octanol–water partition coefficient (Wildman–Crippen LogP) is 1.03. The minimum absolute atomic E-state index is 0.00632. The zero-order chi connectivity index (χ0) is 21.4. The van der Waals surface area contributed by atoms with Gasteiger partial charge in [0, 0.05) is 44.7 Å². The SMILES string of the molecule is CC(=O)c1ccc(S(=O)(=O)NCCC(=O)NCC2CN(CC(C)C)CCO2)cc1. The number of ketones is 1. The molecule has 1 heterocycles. The molecule has 9 heteroatoms. The van der Waals surface area contributed by atoms with Crippen LogP contribution in [-0.4, -0.2) is 70.4 Å². The number of hydrogen-bond acceptors (Lipinski definition) is 6. The van der Waals surface area contributed by atoms with Crippen LogP contribution in [0.1, 0.15) is 37.6 Å². The van der Waals surface area contributed by atoms with E-state index in [4.69, 9.17) is 4.74 Å². The Bertz CT molecular complexity index is 793. The van der Waals surface area contributed by atoms with Gasteiger partial charge in [0.1, 0.15) is 0 Å². The van der Waals surface area contributed by atoms with Crippen LogP contribution < -0.4 is 10.0 Å². The minimum atomic E-state index is -3.73. The van der Waals surface area contributed by atoms with Gasteiger partial charge in [0.25, 0.3) is 0 Å². The molecule has 1 amide bonds. The topological polar surface area (TPSA) is 105 Å². The van der Waals surface area contributed by atoms with E-state index in [9.17, 15) is 18.0 Å². The lowest BCUT2D eigenvalue weighted by atomic mass is 10.2. The van der Waals surface area contributed by atoms with Crippen LogP contribution >= 0.6 is 0 Å². The standard InChI is InChI=1S/C20H31N3O5S/c1-15(2)13-23-10-11-28-18(14-23)12-21-20(25)8-9-22-29(26,27)19-6-4-17(5-7-19)16(3)24/h4-7,15,18,22H,8-14H2,1-3H3,(H,21,25). The van der Waals surface area contributed by atoms with Crippen LogP contribution in [0, 0.1) is 5.92 Å². The van der Waals surface area contributed by atoms with Crippen LogP contribution in [-0.2, 0) is 19.6 Å². The highest BCUT2D eigenvalue weighted by Crippen LogP contribution is 2.11. The molecule has 1 unspecified atom stereocenters. The van der Waals surface area contributed by atoms with E-state index in [1.807, 2.05) is 0 Å². The number of sulfonamides is 1. The van der Waals surface area contributed by atoms with E-state index in [0.29, 0.717) is 24.6 Å². The lowest BCUT2D eigenvalue weighted by molar-refractivity contribution is -0.122. The molecule has 0 spiro atoms. The molecule has 1 aromatic rings. The molecule has 8 nitrogen and oxygen atoms in total. The molecule has 0 saturated carbocycles. The maximum atomic E-state index is 12.3. The molecular weight excluding hydrogens is 394 g/mol. The second-order valence-corrected chi connectivity index (χ2v) is 9.45. The fourth-order valence-corrected chi connectivity index (χ4v) is 4.19. The molecule has 1 aliphatic heterocycles. The molecule has 1 aliphatic rings. The Hall–Kier alpha value is -1.81. The molecule has 1 saturated heterocycles. The summed E-state index contributed by atoms with van der Waals surface area (Å²) in [6.45, 7) is 9.49. The van der Waals surface area contributed by atoms with Crippen molar-refractivity contribution in [3.05, 3.63) is 29.8 Å². The van der Waals surface area contributed by atoms with Crippen molar-refractivity contribution in [1.82, 2.24) is 14.9 Å². The van der Waals surface area contributed by atoms with Gasteiger partial charge in [0.15, 0.2) is 5.78 Å². The lowest BCUT2D eigenvalue weighted by Gasteiger charge is -2.33. The van der Waals surface area contributed by atoms with Crippen LogP contribution in [0.3, 0.4) is 0 Å². The fourth-order valence-electron chi connectivity index (χ4n) is 3.15. The molecule has 0 radical (unpaired) electrons. The van der Waals surface area contributed by atoms with E-state index in [-0.39, 0.29) is 35.7 Å². The average molecular weight is 426 g/mol. The van der Waals surface area contributed by atoms with Crippen molar-refractivity contribution in [3.8, 4) is 0 Å².